The van der Waals surface area contributed by atoms with Gasteiger partial charge in [-0.25, -0.2) is 0 Å². The van der Waals surface area contributed by atoms with Crippen LogP contribution in [0.1, 0.15) is 26.5 Å². The number of aromatic nitrogens is 1. The summed E-state index contributed by atoms with van der Waals surface area (Å²) in [6, 6.07) is 3.82. The Kier molecular flexibility index (Phi) is 3.14. The summed E-state index contributed by atoms with van der Waals surface area (Å²) in [5, 5.41) is 0. The van der Waals surface area contributed by atoms with Crippen molar-refractivity contribution >= 4 is 40.3 Å². The summed E-state index contributed by atoms with van der Waals surface area (Å²) in [6.07, 6.45) is 3.67. The molecule has 0 atom stereocenters. The summed E-state index contributed by atoms with van der Waals surface area (Å²) in [6.45, 7) is 5.94. The fraction of sp³-hybridized carbons (Fsp3) is 0.333. The van der Waals surface area contributed by atoms with E-state index in [1.807, 2.05) is 45.2 Å². The number of nitrogens with zero attached hydrogens (tertiary/aromatic N) is 1. The maximum atomic E-state index is 12.2. The van der Waals surface area contributed by atoms with E-state index in [4.69, 9.17) is 12.2 Å². The quantitative estimate of drug-likeness (QED) is 0.627. The number of nitrogens with one attached hydrogen (secondary N) is 1. The Balaban J connectivity index is 2.31. The number of carbonyl (C=O) groups is 1. The molecular weight excluding hydrogens is 252 g/mol. The number of thiocarbonyl (C=S) groups is 1. The highest BCUT2D eigenvalue weighted by Crippen LogP contribution is 2.36. The average molecular weight is 266 g/mol. The average Bonchev–Trinajstić information content (AvgIpc) is 2.75. The molecule has 1 saturated heterocycles. The highest BCUT2D eigenvalue weighted by atomic mass is 32.2. The zero-order valence-corrected chi connectivity index (χ0v) is 11.6. The fourth-order valence-corrected chi connectivity index (χ4v) is 3.25. The molecule has 90 valence electrons. The van der Waals surface area contributed by atoms with Crippen LogP contribution in [0.2, 0.25) is 0 Å². The molecule has 5 heteroatoms. The van der Waals surface area contributed by atoms with Crippen LogP contribution in [0, 0.1) is 0 Å². The van der Waals surface area contributed by atoms with Crippen LogP contribution in [0.4, 0.5) is 0 Å². The summed E-state index contributed by atoms with van der Waals surface area (Å²) < 4.78 is 0.625. The van der Waals surface area contributed by atoms with E-state index < -0.39 is 0 Å². The molecule has 1 aliphatic heterocycles. The topological polar surface area (TPSA) is 36.1 Å². The number of aromatic amines is 1. The van der Waals surface area contributed by atoms with Crippen molar-refractivity contribution in [3.05, 3.63) is 28.9 Å². The van der Waals surface area contributed by atoms with Crippen LogP contribution in [0.15, 0.2) is 23.2 Å². The van der Waals surface area contributed by atoms with Crippen molar-refractivity contribution in [1.82, 2.24) is 9.88 Å². The van der Waals surface area contributed by atoms with E-state index in [1.165, 1.54) is 11.8 Å². The Morgan fingerprint density at radius 1 is 1.47 bits per heavy atom. The van der Waals surface area contributed by atoms with E-state index in [1.54, 1.807) is 4.90 Å². The van der Waals surface area contributed by atoms with Crippen molar-refractivity contribution < 1.29 is 4.79 Å². The van der Waals surface area contributed by atoms with Crippen molar-refractivity contribution in [3.63, 3.8) is 0 Å². The molecule has 1 amide bonds. The highest BCUT2D eigenvalue weighted by Gasteiger charge is 2.38. The minimum absolute atomic E-state index is 0.0119. The lowest BCUT2D eigenvalue weighted by Gasteiger charge is -2.30. The Morgan fingerprint density at radius 3 is 2.65 bits per heavy atom. The van der Waals surface area contributed by atoms with E-state index in [9.17, 15) is 4.79 Å². The fourth-order valence-electron chi connectivity index (χ4n) is 1.62. The number of carbonyl (C=O) groups excluding carboxylic acids is 1. The molecule has 2 heterocycles. The van der Waals surface area contributed by atoms with Crippen molar-refractivity contribution in [1.29, 1.82) is 0 Å². The molecule has 1 aromatic rings. The molecule has 0 unspecified atom stereocenters. The second-order valence-corrected chi connectivity index (χ2v) is 6.49. The number of rotatable bonds is 1. The Labute approximate surface area is 110 Å². The molecule has 0 saturated carbocycles. The van der Waals surface area contributed by atoms with Gasteiger partial charge in [-0.05, 0) is 39.0 Å². The van der Waals surface area contributed by atoms with Crippen molar-refractivity contribution in [2.24, 2.45) is 0 Å². The monoisotopic (exact) mass is 266 g/mol. The van der Waals surface area contributed by atoms with Crippen LogP contribution < -0.4 is 0 Å². The Bertz CT molecular complexity index is 483. The summed E-state index contributed by atoms with van der Waals surface area (Å²) in [5.41, 5.74) is 0.645. The van der Waals surface area contributed by atoms with E-state index in [0.29, 0.717) is 9.23 Å². The first-order valence-corrected chi connectivity index (χ1v) is 6.53. The van der Waals surface area contributed by atoms with Gasteiger partial charge in [0.15, 0.2) is 0 Å². The lowest BCUT2D eigenvalue weighted by Crippen LogP contribution is -2.44. The van der Waals surface area contributed by atoms with E-state index >= 15 is 0 Å². The molecule has 0 aliphatic carbocycles. The zero-order chi connectivity index (χ0) is 12.6. The smallest absolute Gasteiger partial charge is 0.266 e. The minimum Gasteiger partial charge on any atom is -0.362 e. The molecule has 3 nitrogen and oxygen atoms in total. The number of hydrogen-bond donors (Lipinski definition) is 1. The van der Waals surface area contributed by atoms with Gasteiger partial charge in [0.25, 0.3) is 5.91 Å². The molecule has 0 bridgehead atoms. The molecule has 17 heavy (non-hydrogen) atoms. The third-order valence-corrected chi connectivity index (χ3v) is 3.68. The first kappa shape index (κ1) is 12.4. The van der Waals surface area contributed by atoms with Crippen LogP contribution in [-0.2, 0) is 4.79 Å². The molecule has 1 aromatic heterocycles. The van der Waals surface area contributed by atoms with Gasteiger partial charge in [0, 0.05) is 17.4 Å². The Morgan fingerprint density at radius 2 is 2.18 bits per heavy atom. The van der Waals surface area contributed by atoms with Crippen molar-refractivity contribution in [2.45, 2.75) is 26.3 Å². The first-order valence-electron chi connectivity index (χ1n) is 5.31. The predicted octanol–water partition coefficient (Wildman–Crippen LogP) is 3.01. The van der Waals surface area contributed by atoms with Gasteiger partial charge in [-0.15, -0.1) is 0 Å². The van der Waals surface area contributed by atoms with Gasteiger partial charge in [0.05, 0.1) is 4.91 Å². The summed E-state index contributed by atoms with van der Waals surface area (Å²) in [7, 11) is 0. The third kappa shape index (κ3) is 2.45. The van der Waals surface area contributed by atoms with Crippen LogP contribution in [-0.4, -0.2) is 25.7 Å². The molecular formula is C12H14N2OS2. The van der Waals surface area contributed by atoms with Gasteiger partial charge in [-0.2, -0.15) is 0 Å². The number of amides is 1. The first-order chi connectivity index (χ1) is 7.89. The lowest BCUT2D eigenvalue weighted by molar-refractivity contribution is -0.125. The zero-order valence-electron chi connectivity index (χ0n) is 9.98. The van der Waals surface area contributed by atoms with Gasteiger partial charge >= 0.3 is 0 Å². The van der Waals surface area contributed by atoms with Crippen LogP contribution >= 0.6 is 24.0 Å². The van der Waals surface area contributed by atoms with Crippen molar-refractivity contribution in [2.75, 3.05) is 0 Å². The standard InChI is InChI=1S/C12H14N2OS2/c1-12(2,3)14-10(15)9(17-11(14)16)7-8-5-4-6-13-8/h4-7,13H,1-3H3/b9-7+. The molecule has 1 N–H and O–H groups in total. The minimum atomic E-state index is -0.271. The highest BCUT2D eigenvalue weighted by molar-refractivity contribution is 8.26. The summed E-state index contributed by atoms with van der Waals surface area (Å²) in [4.78, 5) is 17.6. The Hall–Kier alpha value is -1.07. The van der Waals surface area contributed by atoms with Crippen LogP contribution in [0.5, 0.6) is 0 Å². The molecule has 2 rings (SSSR count). The summed E-state index contributed by atoms with van der Waals surface area (Å²) >= 11 is 6.61. The normalized spacial score (nSPS) is 19.5. The van der Waals surface area contributed by atoms with E-state index in [0.717, 1.165) is 5.69 Å². The molecule has 1 aliphatic rings. The molecule has 0 spiro atoms. The summed E-state index contributed by atoms with van der Waals surface area (Å²) in [5.74, 6) is -0.0119. The molecule has 0 aromatic carbocycles. The number of thioether (sulfide) groups is 1. The largest absolute Gasteiger partial charge is 0.362 e. The molecule has 1 fully saturated rings. The SMILES string of the molecule is CC(C)(C)N1C(=O)/C(=C\c2ccc[nH]2)SC1=S. The number of H-pyrrole nitrogens is 1. The van der Waals surface area contributed by atoms with E-state index in [-0.39, 0.29) is 11.4 Å². The lowest BCUT2D eigenvalue weighted by atomic mass is 10.1. The van der Waals surface area contributed by atoms with Gasteiger partial charge < -0.3 is 4.98 Å². The second kappa shape index (κ2) is 4.31. The number of hydrogen-bond acceptors (Lipinski definition) is 3. The van der Waals surface area contributed by atoms with Crippen molar-refractivity contribution in [3.8, 4) is 0 Å². The molecule has 0 radical (unpaired) electrons. The van der Waals surface area contributed by atoms with Gasteiger partial charge in [0.1, 0.15) is 4.32 Å². The predicted molar refractivity (Wildman–Crippen MR) is 75.6 cm³/mol. The van der Waals surface area contributed by atoms with Crippen LogP contribution in [0.25, 0.3) is 6.08 Å². The maximum Gasteiger partial charge on any atom is 0.266 e. The maximum absolute atomic E-state index is 12.2. The van der Waals surface area contributed by atoms with Gasteiger partial charge in [-0.3, -0.25) is 9.69 Å². The second-order valence-electron chi connectivity index (χ2n) is 4.81. The van der Waals surface area contributed by atoms with Crippen LogP contribution in [0.3, 0.4) is 0 Å². The van der Waals surface area contributed by atoms with Gasteiger partial charge in [-0.1, -0.05) is 24.0 Å². The van der Waals surface area contributed by atoms with Gasteiger partial charge in [0.2, 0.25) is 0 Å². The third-order valence-electron chi connectivity index (χ3n) is 2.37. The van der Waals surface area contributed by atoms with E-state index in [2.05, 4.69) is 4.98 Å².